The molecule has 19 heteroatoms. The molecule has 2 bridgehead atoms. The number of rotatable bonds is 8. The van der Waals surface area contributed by atoms with Crippen molar-refractivity contribution in [3.05, 3.63) is 71.8 Å². The van der Waals surface area contributed by atoms with Crippen molar-refractivity contribution >= 4 is 53.1 Å². The van der Waals surface area contributed by atoms with E-state index in [4.69, 9.17) is 9.47 Å². The van der Waals surface area contributed by atoms with Crippen LogP contribution in [0.5, 0.6) is 0 Å². The number of benzene rings is 1. The number of amides is 7. The second-order valence-electron chi connectivity index (χ2n) is 22.4. The molecule has 19 nitrogen and oxygen atoms in total. The number of ether oxygens (including phenoxy) is 2. The molecule has 0 aromatic heterocycles. The molecule has 3 N–H and O–H groups in total. The van der Waals surface area contributed by atoms with Crippen molar-refractivity contribution in [1.29, 1.82) is 0 Å². The number of hydrogen-bond donors (Lipinski definition) is 3. The largest absolute Gasteiger partial charge is 0.461 e. The Morgan fingerprint density at radius 1 is 0.684 bits per heavy atom. The number of allylic oxidation sites excluding steroid dienone is 4. The number of cyclic esters (lactones) is 1. The van der Waals surface area contributed by atoms with Crippen LogP contribution in [0.3, 0.4) is 0 Å². The number of likely N-dealkylation sites (N-methyl/N-ethyl adjacent to an activating group) is 5. The summed E-state index contributed by atoms with van der Waals surface area (Å²) in [6, 6.07) is 0.844. The Balaban J connectivity index is 2.07. The average Bonchev–Trinajstić information content (AvgIpc) is 3.96. The predicted molar refractivity (Wildman–Crippen MR) is 305 cm³/mol. The molecule has 7 amide bonds. The Kier molecular flexibility index (Phi) is 27.3. The molecule has 1 fully saturated rings. The van der Waals surface area contributed by atoms with Crippen LogP contribution in [0.25, 0.3) is 0 Å². The Bertz CT molecular complexity index is 2340. The highest BCUT2D eigenvalue weighted by molar-refractivity contribution is 6.00. The van der Waals surface area contributed by atoms with Gasteiger partial charge in [0.1, 0.15) is 30.2 Å². The van der Waals surface area contributed by atoms with E-state index in [1.165, 1.54) is 73.7 Å². The van der Waals surface area contributed by atoms with Crippen molar-refractivity contribution in [2.24, 2.45) is 17.8 Å². The van der Waals surface area contributed by atoms with E-state index in [0.29, 0.717) is 18.4 Å². The summed E-state index contributed by atoms with van der Waals surface area (Å²) in [4.78, 5) is 134. The topological polar surface area (TPSA) is 224 Å². The van der Waals surface area contributed by atoms with Crippen molar-refractivity contribution in [1.82, 2.24) is 40.4 Å². The van der Waals surface area contributed by atoms with Crippen LogP contribution in [-0.4, -0.2) is 188 Å². The van der Waals surface area contributed by atoms with Crippen LogP contribution in [0.1, 0.15) is 126 Å². The van der Waals surface area contributed by atoms with E-state index >= 15 is 4.79 Å². The second kappa shape index (κ2) is 32.1. The number of fused-ring (bicyclic) bond motifs is 2. The Labute approximate surface area is 470 Å². The van der Waals surface area contributed by atoms with Gasteiger partial charge in [-0.1, -0.05) is 102 Å². The quantitative estimate of drug-likeness (QED) is 0.231. The highest BCUT2D eigenvalue weighted by Crippen LogP contribution is 2.26. The van der Waals surface area contributed by atoms with E-state index in [1.54, 1.807) is 47.0 Å². The first-order valence-electron chi connectivity index (χ1n) is 28.1. The molecule has 1 aromatic rings. The maximum absolute atomic E-state index is 15.1. The van der Waals surface area contributed by atoms with E-state index in [0.717, 1.165) is 31.2 Å². The molecule has 10 atom stereocenters. The van der Waals surface area contributed by atoms with Crippen molar-refractivity contribution in [2.45, 2.75) is 187 Å². The molecule has 2 aliphatic heterocycles. The molecule has 2 heterocycles. The Morgan fingerprint density at radius 2 is 1.27 bits per heavy atom. The fourth-order valence-electron chi connectivity index (χ4n) is 10.2. The lowest BCUT2D eigenvalue weighted by Crippen LogP contribution is -2.61. The molecule has 0 unspecified atom stereocenters. The zero-order valence-electron chi connectivity index (χ0n) is 50.1. The van der Waals surface area contributed by atoms with Gasteiger partial charge in [-0.15, -0.1) is 0 Å². The van der Waals surface area contributed by atoms with Crippen molar-refractivity contribution in [3.63, 3.8) is 0 Å². The first kappa shape index (κ1) is 67.1. The molecule has 0 saturated carbocycles. The smallest absolute Gasteiger partial charge is 0.328 e. The van der Waals surface area contributed by atoms with Gasteiger partial charge in [-0.05, 0) is 95.5 Å². The third kappa shape index (κ3) is 19.0. The summed E-state index contributed by atoms with van der Waals surface area (Å²) in [5.41, 5.74) is 1.14. The van der Waals surface area contributed by atoms with Gasteiger partial charge in [0.15, 0.2) is 5.78 Å². The lowest BCUT2D eigenvalue weighted by atomic mass is 9.91. The third-order valence-electron chi connectivity index (χ3n) is 15.4. The number of carbonyl (C=O) groups excluding carboxylic acids is 9. The van der Waals surface area contributed by atoms with Crippen molar-refractivity contribution < 1.29 is 52.6 Å². The molecule has 0 aliphatic carbocycles. The van der Waals surface area contributed by atoms with Crippen LogP contribution < -0.4 is 16.0 Å². The van der Waals surface area contributed by atoms with E-state index in [2.05, 4.69) is 28.1 Å². The summed E-state index contributed by atoms with van der Waals surface area (Å²) in [5.74, 6) is -5.88. The fraction of sp³-hybridized carbons (Fsp3) is 0.650. The third-order valence-corrected chi connectivity index (χ3v) is 15.4. The van der Waals surface area contributed by atoms with Crippen LogP contribution in [-0.2, 0) is 59.0 Å². The van der Waals surface area contributed by atoms with Gasteiger partial charge in [0.2, 0.25) is 41.4 Å². The zero-order chi connectivity index (χ0) is 59.4. The minimum atomic E-state index is -1.31. The van der Waals surface area contributed by atoms with Gasteiger partial charge < -0.3 is 44.6 Å². The molecule has 1 saturated heterocycles. The number of hydrogen-bond acceptors (Lipinski definition) is 12. The molecule has 2 aliphatic rings. The number of esters is 1. The molecule has 3 rings (SSSR count). The summed E-state index contributed by atoms with van der Waals surface area (Å²) in [6.45, 7) is 15.8. The van der Waals surface area contributed by atoms with Gasteiger partial charge in [-0.2, -0.15) is 0 Å². The van der Waals surface area contributed by atoms with Crippen LogP contribution in [0.15, 0.2) is 66.3 Å². The Hall–Kier alpha value is -6.21. The van der Waals surface area contributed by atoms with Gasteiger partial charge in [0.25, 0.3) is 0 Å². The van der Waals surface area contributed by atoms with E-state index < -0.39 is 120 Å². The molecular formula is C60H94N8O11. The van der Waals surface area contributed by atoms with Gasteiger partial charge in [0.05, 0.1) is 36.8 Å². The van der Waals surface area contributed by atoms with E-state index in [1.807, 2.05) is 64.1 Å². The number of nitrogens with one attached hydrogen (secondary N) is 3. The van der Waals surface area contributed by atoms with E-state index in [9.17, 15) is 38.4 Å². The summed E-state index contributed by atoms with van der Waals surface area (Å²) in [6.07, 6.45) is 13.4. The van der Waals surface area contributed by atoms with Crippen molar-refractivity contribution in [2.75, 3.05) is 49.4 Å². The molecule has 79 heavy (non-hydrogen) atoms. The van der Waals surface area contributed by atoms with Gasteiger partial charge >= 0.3 is 5.97 Å². The summed E-state index contributed by atoms with van der Waals surface area (Å²) < 4.78 is 11.5. The fourth-order valence-corrected chi connectivity index (χ4v) is 10.2. The van der Waals surface area contributed by atoms with Crippen LogP contribution >= 0.6 is 0 Å². The molecule has 1 aromatic carbocycles. The van der Waals surface area contributed by atoms with E-state index in [-0.39, 0.29) is 37.1 Å². The number of Topliss-reactive ketones (excluding diaryl/α,β-unsaturated/α-hetero) is 1. The first-order valence-corrected chi connectivity index (χ1v) is 28.1. The van der Waals surface area contributed by atoms with Crippen LogP contribution in [0.4, 0.5) is 0 Å². The molecule has 0 spiro atoms. The Morgan fingerprint density at radius 3 is 1.86 bits per heavy atom. The molecule has 0 radical (unpaired) electrons. The normalized spacial score (nSPS) is 27.6. The second-order valence-corrected chi connectivity index (χ2v) is 22.4. The number of nitrogens with zero attached hydrogens (tertiary/aromatic N) is 5. The summed E-state index contributed by atoms with van der Waals surface area (Å²) in [5, 5.41) is 8.60. The minimum Gasteiger partial charge on any atom is -0.461 e. The first-order chi connectivity index (χ1) is 37.2. The zero-order valence-corrected chi connectivity index (χ0v) is 50.1. The molecule has 440 valence electrons. The summed E-state index contributed by atoms with van der Waals surface area (Å²) in [7, 11) is 10.5. The van der Waals surface area contributed by atoms with Crippen LogP contribution in [0.2, 0.25) is 0 Å². The lowest BCUT2D eigenvalue weighted by Gasteiger charge is -2.40. The maximum atomic E-state index is 15.1. The van der Waals surface area contributed by atoms with Gasteiger partial charge in [-0.25, -0.2) is 4.79 Å². The van der Waals surface area contributed by atoms with Gasteiger partial charge in [-0.3, -0.25) is 43.7 Å². The number of methoxy groups -OCH3 is 1. The maximum Gasteiger partial charge on any atom is 0.328 e. The molecular weight excluding hydrogens is 1010 g/mol. The number of carbonyl (C=O) groups is 9. The monoisotopic (exact) mass is 1100 g/mol. The number of ketones is 1. The predicted octanol–water partition coefficient (Wildman–Crippen LogP) is 5.02. The SMILES string of the molecule is CNC(=O)C[C@H]1C(=O)N(C)[C@@H](C)C(=O)O[C@H](C)CCCC=CCC[C@H](OC)CC=CC=C(C)C(=O)N[C@H](C(C)C)C(=O)N(C)[C@@H](Cc2ccccc2)C(=O)N(C)[C@@H](C(C)C)C(=O)N(C)[C@@H](C(C)C)C(=O)[C@H]2CC[C@H](N2)C(=O)N1C. The summed E-state index contributed by atoms with van der Waals surface area (Å²) >= 11 is 0. The lowest BCUT2D eigenvalue weighted by molar-refractivity contribution is -0.159. The minimum absolute atomic E-state index is 0.0761. The highest BCUT2D eigenvalue weighted by atomic mass is 16.5. The van der Waals surface area contributed by atoms with Gasteiger partial charge in [0, 0.05) is 61.4 Å². The standard InChI is InChI=1S/C60H94N8O11/c1-37(2)50-58(75)66(13)47(35-43-29-22-20-23-30-43)57(74)68(15)52(39(5)6)59(76)67(14)51(38(3)4)53(70)45-33-34-46(62-45)55(72)65(12)48(36-49(69)61-10)56(73)64(11)42(9)60(77)79-41(8)28-21-18-17-19-24-31-44(78-16)32-26-25-27-40(7)54(71)63-50/h17,19-20,22-23,25-27,29-30,37-39,41-42,44-48,50-52,62H,18,21,24,28,31-36H2,1-16H3,(H,61,69)(H,63,71)/t41-,42+,44+,45-,46+,47+,48+,50-,51+,52+/m1/s1. The van der Waals surface area contributed by atoms with Crippen LogP contribution in [0, 0.1) is 17.8 Å². The van der Waals surface area contributed by atoms with Crippen molar-refractivity contribution in [3.8, 4) is 0 Å². The highest BCUT2D eigenvalue weighted by Gasteiger charge is 2.46. The average molecular weight is 1100 g/mol.